The third-order valence-corrected chi connectivity index (χ3v) is 4.47. The summed E-state index contributed by atoms with van der Waals surface area (Å²) in [6.07, 6.45) is 3.77. The zero-order valence-corrected chi connectivity index (χ0v) is 10.9. The molecule has 1 aliphatic heterocycles. The fraction of sp³-hybridized carbons (Fsp3) is 0.667. The van der Waals surface area contributed by atoms with Crippen LogP contribution >= 0.6 is 11.8 Å². The molecule has 0 spiro atoms. The number of carbonyl (C=O) groups is 2. The molecule has 2 aliphatic rings. The van der Waals surface area contributed by atoms with Gasteiger partial charge in [0.25, 0.3) is 0 Å². The van der Waals surface area contributed by atoms with Gasteiger partial charge in [0.05, 0.1) is 5.37 Å². The Kier molecular flexibility index (Phi) is 3.47. The predicted octanol–water partition coefficient (Wildman–Crippen LogP) is 1.72. The Balaban J connectivity index is 2.19. The number of aliphatic carboxylic acids is 1. The smallest absolute Gasteiger partial charge is 0.327 e. The van der Waals surface area contributed by atoms with E-state index >= 15 is 0 Å². The Labute approximate surface area is 105 Å². The van der Waals surface area contributed by atoms with Gasteiger partial charge in [-0.3, -0.25) is 4.79 Å². The van der Waals surface area contributed by atoms with Crippen molar-refractivity contribution in [3.05, 3.63) is 11.6 Å². The fourth-order valence-corrected chi connectivity index (χ4v) is 3.70. The van der Waals surface area contributed by atoms with Crippen molar-refractivity contribution < 1.29 is 14.7 Å². The summed E-state index contributed by atoms with van der Waals surface area (Å²) < 4.78 is 0. The highest BCUT2D eigenvalue weighted by Crippen LogP contribution is 2.45. The first-order valence-corrected chi connectivity index (χ1v) is 6.87. The SMILES string of the molecule is CC(C)=CC(=O)N1C(C(=O)O)CSC1C1CC1. The van der Waals surface area contributed by atoms with Gasteiger partial charge < -0.3 is 10.0 Å². The summed E-state index contributed by atoms with van der Waals surface area (Å²) in [4.78, 5) is 24.8. The maximum absolute atomic E-state index is 12.1. The van der Waals surface area contributed by atoms with Crippen molar-refractivity contribution in [2.45, 2.75) is 38.1 Å². The van der Waals surface area contributed by atoms with Gasteiger partial charge in [-0.2, -0.15) is 0 Å². The first-order chi connectivity index (χ1) is 8.00. The first-order valence-electron chi connectivity index (χ1n) is 5.82. The van der Waals surface area contributed by atoms with E-state index in [9.17, 15) is 9.59 Å². The molecule has 17 heavy (non-hydrogen) atoms. The molecule has 2 rings (SSSR count). The summed E-state index contributed by atoms with van der Waals surface area (Å²) in [5.41, 5.74) is 0.908. The number of carboxylic acids is 1. The van der Waals surface area contributed by atoms with Crippen LogP contribution in [0.15, 0.2) is 11.6 Å². The van der Waals surface area contributed by atoms with Crippen molar-refractivity contribution in [3.8, 4) is 0 Å². The number of carboxylic acid groups (broad SMARTS) is 1. The van der Waals surface area contributed by atoms with Gasteiger partial charge in [0.15, 0.2) is 0 Å². The number of hydrogen-bond acceptors (Lipinski definition) is 3. The summed E-state index contributed by atoms with van der Waals surface area (Å²) in [5.74, 6) is -0.0342. The van der Waals surface area contributed by atoms with Crippen molar-refractivity contribution in [1.29, 1.82) is 0 Å². The van der Waals surface area contributed by atoms with Crippen LogP contribution in [0.4, 0.5) is 0 Å². The van der Waals surface area contributed by atoms with Gasteiger partial charge in [0, 0.05) is 11.8 Å². The fourth-order valence-electron chi connectivity index (χ4n) is 2.06. The molecule has 0 bridgehead atoms. The highest BCUT2D eigenvalue weighted by molar-refractivity contribution is 8.00. The maximum atomic E-state index is 12.1. The van der Waals surface area contributed by atoms with E-state index in [1.54, 1.807) is 16.7 Å². The average molecular weight is 255 g/mol. The second-order valence-electron chi connectivity index (χ2n) is 4.88. The average Bonchev–Trinajstić information content (AvgIpc) is 2.95. The predicted molar refractivity (Wildman–Crippen MR) is 66.7 cm³/mol. The summed E-state index contributed by atoms with van der Waals surface area (Å²) >= 11 is 1.61. The number of carbonyl (C=O) groups excluding carboxylic acids is 1. The molecule has 1 N–H and O–H groups in total. The number of thioether (sulfide) groups is 1. The zero-order valence-electron chi connectivity index (χ0n) is 10.0. The Bertz CT molecular complexity index is 372. The van der Waals surface area contributed by atoms with Crippen LogP contribution in [0.25, 0.3) is 0 Å². The van der Waals surface area contributed by atoms with Crippen molar-refractivity contribution >= 4 is 23.6 Å². The second kappa shape index (κ2) is 4.72. The van der Waals surface area contributed by atoms with Crippen LogP contribution in [-0.2, 0) is 9.59 Å². The van der Waals surface area contributed by atoms with E-state index < -0.39 is 12.0 Å². The van der Waals surface area contributed by atoms with Crippen LogP contribution in [0.3, 0.4) is 0 Å². The molecule has 4 nitrogen and oxygen atoms in total. The highest BCUT2D eigenvalue weighted by Gasteiger charge is 2.47. The molecule has 0 aromatic rings. The minimum Gasteiger partial charge on any atom is -0.480 e. The normalized spacial score (nSPS) is 28.0. The zero-order chi connectivity index (χ0) is 12.6. The third-order valence-electron chi connectivity index (χ3n) is 3.01. The molecular weight excluding hydrogens is 238 g/mol. The number of amides is 1. The molecule has 5 heteroatoms. The van der Waals surface area contributed by atoms with Crippen molar-refractivity contribution in [3.63, 3.8) is 0 Å². The van der Waals surface area contributed by atoms with Crippen LogP contribution < -0.4 is 0 Å². The minimum atomic E-state index is -0.892. The number of rotatable bonds is 3. The lowest BCUT2D eigenvalue weighted by Gasteiger charge is -2.26. The van der Waals surface area contributed by atoms with Crippen molar-refractivity contribution in [2.24, 2.45) is 5.92 Å². The molecule has 2 unspecified atom stereocenters. The lowest BCUT2D eigenvalue weighted by molar-refractivity contribution is -0.147. The maximum Gasteiger partial charge on any atom is 0.327 e. The number of nitrogens with zero attached hydrogens (tertiary/aromatic N) is 1. The Morgan fingerprint density at radius 1 is 1.35 bits per heavy atom. The molecular formula is C12H17NO3S. The summed E-state index contributed by atoms with van der Waals surface area (Å²) in [5, 5.41) is 9.23. The number of allylic oxidation sites excluding steroid dienone is 1. The van der Waals surface area contributed by atoms with E-state index in [0.717, 1.165) is 18.4 Å². The Morgan fingerprint density at radius 3 is 2.47 bits per heavy atom. The van der Waals surface area contributed by atoms with Gasteiger partial charge in [-0.25, -0.2) is 4.79 Å². The Morgan fingerprint density at radius 2 is 2.00 bits per heavy atom. The largest absolute Gasteiger partial charge is 0.480 e. The second-order valence-corrected chi connectivity index (χ2v) is 6.03. The molecule has 1 amide bonds. The molecule has 94 valence electrons. The molecule has 1 aliphatic carbocycles. The summed E-state index contributed by atoms with van der Waals surface area (Å²) in [6.45, 7) is 3.70. The lowest BCUT2D eigenvalue weighted by atomic mass is 10.2. The Hall–Kier alpha value is -0.970. The van der Waals surface area contributed by atoms with Gasteiger partial charge >= 0.3 is 5.97 Å². The molecule has 1 saturated heterocycles. The highest BCUT2D eigenvalue weighted by atomic mass is 32.2. The third kappa shape index (κ3) is 2.65. The summed E-state index contributed by atoms with van der Waals surface area (Å²) in [7, 11) is 0. The number of hydrogen-bond donors (Lipinski definition) is 1. The minimum absolute atomic E-state index is 0.0687. The van der Waals surface area contributed by atoms with Crippen LogP contribution in [0.1, 0.15) is 26.7 Å². The van der Waals surface area contributed by atoms with Gasteiger partial charge in [-0.15, -0.1) is 11.8 Å². The monoisotopic (exact) mass is 255 g/mol. The van der Waals surface area contributed by atoms with Gasteiger partial charge in [0.2, 0.25) is 5.91 Å². The molecule has 0 aromatic heterocycles. The molecule has 2 fully saturated rings. The topological polar surface area (TPSA) is 57.6 Å². The first kappa shape index (κ1) is 12.5. The molecule has 0 aromatic carbocycles. The van der Waals surface area contributed by atoms with E-state index in [2.05, 4.69) is 0 Å². The van der Waals surface area contributed by atoms with Crippen LogP contribution in [0.5, 0.6) is 0 Å². The van der Waals surface area contributed by atoms with E-state index in [-0.39, 0.29) is 11.3 Å². The quantitative estimate of drug-likeness (QED) is 0.780. The van der Waals surface area contributed by atoms with Crippen LogP contribution in [0, 0.1) is 5.92 Å². The van der Waals surface area contributed by atoms with Crippen LogP contribution in [-0.4, -0.2) is 39.1 Å². The molecule has 1 heterocycles. The van der Waals surface area contributed by atoms with Crippen molar-refractivity contribution in [2.75, 3.05) is 5.75 Å². The van der Waals surface area contributed by atoms with E-state index in [4.69, 9.17) is 5.11 Å². The van der Waals surface area contributed by atoms with E-state index in [1.165, 1.54) is 6.08 Å². The molecule has 1 saturated carbocycles. The molecule has 2 atom stereocenters. The van der Waals surface area contributed by atoms with Crippen LogP contribution in [0.2, 0.25) is 0 Å². The van der Waals surface area contributed by atoms with Gasteiger partial charge in [0.1, 0.15) is 6.04 Å². The summed E-state index contributed by atoms with van der Waals surface area (Å²) in [6, 6.07) is -0.659. The van der Waals surface area contributed by atoms with Gasteiger partial charge in [-0.05, 0) is 32.6 Å². The molecule has 0 radical (unpaired) electrons. The van der Waals surface area contributed by atoms with E-state index in [1.807, 2.05) is 13.8 Å². The van der Waals surface area contributed by atoms with Gasteiger partial charge in [-0.1, -0.05) is 5.57 Å². The van der Waals surface area contributed by atoms with E-state index in [0.29, 0.717) is 11.7 Å². The lowest BCUT2D eigenvalue weighted by Crippen LogP contribution is -2.45. The standard InChI is InChI=1S/C12H17NO3S/c1-7(2)5-10(14)13-9(12(15)16)6-17-11(13)8-3-4-8/h5,8-9,11H,3-4,6H2,1-2H3,(H,15,16). The van der Waals surface area contributed by atoms with Crippen molar-refractivity contribution in [1.82, 2.24) is 4.90 Å².